The van der Waals surface area contributed by atoms with Crippen LogP contribution < -0.4 is 5.32 Å². The average molecular weight is 250 g/mol. The van der Waals surface area contributed by atoms with Gasteiger partial charge in [0, 0.05) is 31.7 Å². The SMILES string of the molecule is Cc1cc(C)n(CCC(=O)N2CCNC(=O)C2)n1. The lowest BCUT2D eigenvalue weighted by atomic mass is 10.3. The summed E-state index contributed by atoms with van der Waals surface area (Å²) in [5.41, 5.74) is 2.01. The second-order valence-corrected chi connectivity index (χ2v) is 4.57. The third-order valence-corrected chi connectivity index (χ3v) is 3.03. The van der Waals surface area contributed by atoms with Crippen molar-refractivity contribution >= 4 is 11.8 Å². The minimum atomic E-state index is -0.0827. The van der Waals surface area contributed by atoms with Gasteiger partial charge in [0.25, 0.3) is 0 Å². The van der Waals surface area contributed by atoms with Crippen LogP contribution in [0.3, 0.4) is 0 Å². The van der Waals surface area contributed by atoms with Gasteiger partial charge in [-0.25, -0.2) is 0 Å². The molecule has 6 heteroatoms. The second-order valence-electron chi connectivity index (χ2n) is 4.57. The number of carbonyl (C=O) groups excluding carboxylic acids is 2. The van der Waals surface area contributed by atoms with Crippen molar-refractivity contribution in [3.63, 3.8) is 0 Å². The Morgan fingerprint density at radius 3 is 2.89 bits per heavy atom. The summed E-state index contributed by atoms with van der Waals surface area (Å²) >= 11 is 0. The molecule has 1 saturated heterocycles. The number of hydrogen-bond acceptors (Lipinski definition) is 3. The normalized spacial score (nSPS) is 15.7. The maximum atomic E-state index is 11.9. The zero-order valence-electron chi connectivity index (χ0n) is 10.8. The van der Waals surface area contributed by atoms with Crippen molar-refractivity contribution in [1.29, 1.82) is 0 Å². The summed E-state index contributed by atoms with van der Waals surface area (Å²) < 4.78 is 1.83. The fourth-order valence-electron chi connectivity index (χ4n) is 2.11. The number of aryl methyl sites for hydroxylation is 3. The Kier molecular flexibility index (Phi) is 3.64. The van der Waals surface area contributed by atoms with Gasteiger partial charge in [0.05, 0.1) is 12.2 Å². The molecule has 2 amide bonds. The van der Waals surface area contributed by atoms with Crippen LogP contribution >= 0.6 is 0 Å². The first-order chi connectivity index (χ1) is 8.56. The first-order valence-electron chi connectivity index (χ1n) is 6.12. The van der Waals surface area contributed by atoms with E-state index >= 15 is 0 Å². The fourth-order valence-corrected chi connectivity index (χ4v) is 2.11. The van der Waals surface area contributed by atoms with E-state index in [9.17, 15) is 9.59 Å². The smallest absolute Gasteiger partial charge is 0.239 e. The highest BCUT2D eigenvalue weighted by atomic mass is 16.2. The topological polar surface area (TPSA) is 67.2 Å². The number of rotatable bonds is 3. The van der Waals surface area contributed by atoms with Crippen molar-refractivity contribution in [3.05, 3.63) is 17.5 Å². The van der Waals surface area contributed by atoms with E-state index in [-0.39, 0.29) is 18.4 Å². The Morgan fingerprint density at radius 2 is 2.28 bits per heavy atom. The third kappa shape index (κ3) is 2.88. The van der Waals surface area contributed by atoms with Crippen molar-refractivity contribution in [2.24, 2.45) is 0 Å². The lowest BCUT2D eigenvalue weighted by molar-refractivity contribution is -0.138. The molecule has 0 radical (unpaired) electrons. The highest BCUT2D eigenvalue weighted by molar-refractivity contribution is 5.85. The molecule has 0 aliphatic carbocycles. The van der Waals surface area contributed by atoms with Crippen LogP contribution in [0.1, 0.15) is 17.8 Å². The van der Waals surface area contributed by atoms with Gasteiger partial charge in [0.2, 0.25) is 11.8 Å². The van der Waals surface area contributed by atoms with E-state index in [2.05, 4.69) is 10.4 Å². The molecule has 2 heterocycles. The van der Waals surface area contributed by atoms with E-state index in [0.717, 1.165) is 11.4 Å². The largest absolute Gasteiger partial charge is 0.353 e. The molecule has 1 N–H and O–H groups in total. The third-order valence-electron chi connectivity index (χ3n) is 3.03. The maximum Gasteiger partial charge on any atom is 0.239 e. The van der Waals surface area contributed by atoms with Crippen LogP contribution in [0.15, 0.2) is 6.07 Å². The second kappa shape index (κ2) is 5.20. The summed E-state index contributed by atoms with van der Waals surface area (Å²) in [6.45, 7) is 5.79. The van der Waals surface area contributed by atoms with Gasteiger partial charge in [-0.1, -0.05) is 0 Å². The minimum absolute atomic E-state index is 0.0115. The molecule has 0 bridgehead atoms. The van der Waals surface area contributed by atoms with Crippen LogP contribution in [-0.4, -0.2) is 46.1 Å². The molecule has 6 nitrogen and oxygen atoms in total. The van der Waals surface area contributed by atoms with Crippen LogP contribution in [-0.2, 0) is 16.1 Å². The van der Waals surface area contributed by atoms with Gasteiger partial charge in [-0.05, 0) is 19.9 Å². The van der Waals surface area contributed by atoms with Gasteiger partial charge in [-0.2, -0.15) is 5.10 Å². The summed E-state index contributed by atoms with van der Waals surface area (Å²) in [4.78, 5) is 24.7. The van der Waals surface area contributed by atoms with E-state index in [1.54, 1.807) is 4.90 Å². The molecule has 1 aromatic heterocycles. The molecule has 1 fully saturated rings. The summed E-state index contributed by atoms with van der Waals surface area (Å²) in [5, 5.41) is 7.01. The molecular weight excluding hydrogens is 232 g/mol. The number of hydrogen-bond donors (Lipinski definition) is 1. The van der Waals surface area contributed by atoms with Crippen LogP contribution in [0.2, 0.25) is 0 Å². The fraction of sp³-hybridized carbons (Fsp3) is 0.583. The summed E-state index contributed by atoms with van der Waals surface area (Å²) in [6, 6.07) is 1.98. The average Bonchev–Trinajstić information content (AvgIpc) is 2.65. The van der Waals surface area contributed by atoms with Crippen molar-refractivity contribution < 1.29 is 9.59 Å². The molecule has 18 heavy (non-hydrogen) atoms. The Labute approximate surface area is 106 Å². The molecule has 1 aliphatic rings. The monoisotopic (exact) mass is 250 g/mol. The van der Waals surface area contributed by atoms with E-state index in [4.69, 9.17) is 0 Å². The number of nitrogens with one attached hydrogen (secondary N) is 1. The number of aromatic nitrogens is 2. The lowest BCUT2D eigenvalue weighted by Gasteiger charge is -2.26. The Hall–Kier alpha value is -1.85. The van der Waals surface area contributed by atoms with Crippen LogP contribution in [0.5, 0.6) is 0 Å². The Morgan fingerprint density at radius 1 is 1.50 bits per heavy atom. The zero-order chi connectivity index (χ0) is 13.1. The van der Waals surface area contributed by atoms with Gasteiger partial charge in [-0.3, -0.25) is 14.3 Å². The van der Waals surface area contributed by atoms with Gasteiger partial charge in [0.15, 0.2) is 0 Å². The maximum absolute atomic E-state index is 11.9. The van der Waals surface area contributed by atoms with Crippen LogP contribution in [0, 0.1) is 13.8 Å². The van der Waals surface area contributed by atoms with Crippen molar-refractivity contribution in [2.45, 2.75) is 26.8 Å². The van der Waals surface area contributed by atoms with E-state index in [1.165, 1.54) is 0 Å². The summed E-state index contributed by atoms with van der Waals surface area (Å²) in [5.74, 6) is -0.0712. The molecule has 0 unspecified atom stereocenters. The molecule has 0 spiro atoms. The lowest BCUT2D eigenvalue weighted by Crippen LogP contribution is -2.50. The highest BCUT2D eigenvalue weighted by Gasteiger charge is 2.20. The van der Waals surface area contributed by atoms with Gasteiger partial charge in [0.1, 0.15) is 0 Å². The van der Waals surface area contributed by atoms with Gasteiger partial charge < -0.3 is 10.2 Å². The quantitative estimate of drug-likeness (QED) is 0.811. The first kappa shape index (κ1) is 12.6. The molecule has 0 saturated carbocycles. The van der Waals surface area contributed by atoms with Gasteiger partial charge in [-0.15, -0.1) is 0 Å². The zero-order valence-corrected chi connectivity index (χ0v) is 10.8. The van der Waals surface area contributed by atoms with Crippen molar-refractivity contribution in [3.8, 4) is 0 Å². The van der Waals surface area contributed by atoms with Crippen molar-refractivity contribution in [2.75, 3.05) is 19.6 Å². The van der Waals surface area contributed by atoms with Gasteiger partial charge >= 0.3 is 0 Å². The Balaban J connectivity index is 1.88. The first-order valence-corrected chi connectivity index (χ1v) is 6.12. The van der Waals surface area contributed by atoms with E-state index in [0.29, 0.717) is 26.1 Å². The van der Waals surface area contributed by atoms with Crippen LogP contribution in [0.4, 0.5) is 0 Å². The molecule has 0 aromatic carbocycles. The molecule has 2 rings (SSSR count). The number of carbonyl (C=O) groups is 2. The standard InChI is InChI=1S/C12H18N4O2/c1-9-7-10(2)16(14-9)5-3-12(18)15-6-4-13-11(17)8-15/h7H,3-6,8H2,1-2H3,(H,13,17). The number of amides is 2. The molecule has 0 atom stereocenters. The summed E-state index contributed by atoms with van der Waals surface area (Å²) in [6.07, 6.45) is 0.384. The number of piperazine rings is 1. The number of nitrogens with zero attached hydrogens (tertiary/aromatic N) is 3. The minimum Gasteiger partial charge on any atom is -0.353 e. The molecular formula is C12H18N4O2. The predicted octanol–water partition coefficient (Wildman–Crippen LogP) is -0.152. The molecule has 1 aromatic rings. The van der Waals surface area contributed by atoms with E-state index in [1.807, 2.05) is 24.6 Å². The van der Waals surface area contributed by atoms with Crippen LogP contribution in [0.25, 0.3) is 0 Å². The molecule has 1 aliphatic heterocycles. The van der Waals surface area contributed by atoms with Crippen molar-refractivity contribution in [1.82, 2.24) is 20.0 Å². The van der Waals surface area contributed by atoms with E-state index < -0.39 is 0 Å². The Bertz CT molecular complexity index is 467. The predicted molar refractivity (Wildman–Crippen MR) is 65.9 cm³/mol. The highest BCUT2D eigenvalue weighted by Crippen LogP contribution is 2.05. The summed E-state index contributed by atoms with van der Waals surface area (Å²) in [7, 11) is 0. The molecule has 98 valence electrons.